The van der Waals surface area contributed by atoms with Gasteiger partial charge in [-0.15, -0.1) is 0 Å². The second-order valence-electron chi connectivity index (χ2n) is 8.24. The standard InChI is InChI=1S/C17H28O2S/c1-3-11-7-12(4-2)16-14-8-13(15(11)16)9-17(14)5-6-20(18,19)10-17/h11-16H,3-10H2,1-2H3. The van der Waals surface area contributed by atoms with Gasteiger partial charge in [-0.05, 0) is 66.6 Å². The van der Waals surface area contributed by atoms with Crippen molar-refractivity contribution in [1.29, 1.82) is 0 Å². The van der Waals surface area contributed by atoms with Crippen molar-refractivity contribution in [2.45, 2.75) is 52.4 Å². The molecule has 1 saturated heterocycles. The number of sulfone groups is 1. The van der Waals surface area contributed by atoms with E-state index >= 15 is 0 Å². The Hall–Kier alpha value is -0.0500. The molecule has 0 aromatic rings. The van der Waals surface area contributed by atoms with Crippen LogP contribution in [-0.2, 0) is 9.84 Å². The molecule has 3 saturated carbocycles. The van der Waals surface area contributed by atoms with Gasteiger partial charge < -0.3 is 0 Å². The molecule has 20 heavy (non-hydrogen) atoms. The van der Waals surface area contributed by atoms with E-state index < -0.39 is 9.84 Å². The van der Waals surface area contributed by atoms with Crippen molar-refractivity contribution >= 4 is 9.84 Å². The average Bonchev–Trinajstić information content (AvgIpc) is 3.09. The van der Waals surface area contributed by atoms with Crippen LogP contribution in [0.25, 0.3) is 0 Å². The number of fused-ring (bicyclic) bond motifs is 6. The molecule has 7 atom stereocenters. The van der Waals surface area contributed by atoms with Crippen molar-refractivity contribution in [3.05, 3.63) is 0 Å². The van der Waals surface area contributed by atoms with Crippen molar-refractivity contribution in [3.63, 3.8) is 0 Å². The van der Waals surface area contributed by atoms with Crippen LogP contribution in [0.5, 0.6) is 0 Å². The number of hydrogen-bond acceptors (Lipinski definition) is 2. The monoisotopic (exact) mass is 296 g/mol. The third-order valence-corrected chi connectivity index (χ3v) is 9.47. The van der Waals surface area contributed by atoms with Gasteiger partial charge in [0.15, 0.2) is 9.84 Å². The highest BCUT2D eigenvalue weighted by Gasteiger charge is 2.66. The van der Waals surface area contributed by atoms with Crippen molar-refractivity contribution in [3.8, 4) is 0 Å². The fraction of sp³-hybridized carbons (Fsp3) is 1.00. The minimum atomic E-state index is -2.73. The van der Waals surface area contributed by atoms with Gasteiger partial charge in [0, 0.05) is 0 Å². The fourth-order valence-electron chi connectivity index (χ4n) is 7.09. The van der Waals surface area contributed by atoms with Gasteiger partial charge in [0.1, 0.15) is 0 Å². The van der Waals surface area contributed by atoms with Crippen LogP contribution in [0.15, 0.2) is 0 Å². The smallest absolute Gasteiger partial charge is 0.150 e. The van der Waals surface area contributed by atoms with Crippen molar-refractivity contribution < 1.29 is 8.42 Å². The lowest BCUT2D eigenvalue weighted by Gasteiger charge is -2.42. The number of rotatable bonds is 2. The summed E-state index contributed by atoms with van der Waals surface area (Å²) >= 11 is 0. The van der Waals surface area contributed by atoms with Gasteiger partial charge in [0.25, 0.3) is 0 Å². The summed E-state index contributed by atoms with van der Waals surface area (Å²) in [6.45, 7) is 4.71. The molecule has 0 aromatic heterocycles. The first-order chi connectivity index (χ1) is 9.50. The summed E-state index contributed by atoms with van der Waals surface area (Å²) in [5.41, 5.74) is 0.209. The molecule has 7 unspecified atom stereocenters. The molecule has 0 N–H and O–H groups in total. The molecular formula is C17H28O2S. The third-order valence-electron chi connectivity index (χ3n) is 7.63. The number of hydrogen-bond donors (Lipinski definition) is 0. The highest BCUT2D eigenvalue weighted by molar-refractivity contribution is 7.91. The molecule has 2 nitrogen and oxygen atoms in total. The highest BCUT2D eigenvalue weighted by Crippen LogP contribution is 2.71. The molecule has 3 aliphatic carbocycles. The van der Waals surface area contributed by atoms with Crippen molar-refractivity contribution in [2.75, 3.05) is 11.5 Å². The summed E-state index contributed by atoms with van der Waals surface area (Å²) in [7, 11) is -2.73. The van der Waals surface area contributed by atoms with Crippen LogP contribution in [-0.4, -0.2) is 19.9 Å². The summed E-state index contributed by atoms with van der Waals surface area (Å²) in [5.74, 6) is 6.26. The Labute approximate surface area is 123 Å². The van der Waals surface area contributed by atoms with Gasteiger partial charge in [-0.1, -0.05) is 26.7 Å². The van der Waals surface area contributed by atoms with Crippen LogP contribution in [0.2, 0.25) is 0 Å². The van der Waals surface area contributed by atoms with Crippen LogP contribution in [0.1, 0.15) is 52.4 Å². The highest BCUT2D eigenvalue weighted by atomic mass is 32.2. The molecule has 114 valence electrons. The lowest BCUT2D eigenvalue weighted by atomic mass is 9.62. The molecule has 3 heteroatoms. The quantitative estimate of drug-likeness (QED) is 0.781. The van der Waals surface area contributed by atoms with E-state index in [4.69, 9.17) is 0 Å². The summed E-state index contributed by atoms with van der Waals surface area (Å²) < 4.78 is 24.1. The molecule has 0 aromatic carbocycles. The Bertz CT molecular complexity index is 511. The maximum absolute atomic E-state index is 12.0. The lowest BCUT2D eigenvalue weighted by molar-refractivity contribution is 0.0698. The molecule has 2 bridgehead atoms. The summed E-state index contributed by atoms with van der Waals surface area (Å²) in [4.78, 5) is 0. The molecular weight excluding hydrogens is 268 g/mol. The Morgan fingerprint density at radius 1 is 1.05 bits per heavy atom. The first-order valence-electron chi connectivity index (χ1n) is 8.70. The van der Waals surface area contributed by atoms with Gasteiger partial charge in [-0.3, -0.25) is 0 Å². The molecule has 4 rings (SSSR count). The molecule has 0 amide bonds. The molecule has 1 aliphatic heterocycles. The predicted molar refractivity (Wildman–Crippen MR) is 81.1 cm³/mol. The second kappa shape index (κ2) is 4.24. The summed E-state index contributed by atoms with van der Waals surface area (Å²) in [5, 5.41) is 0. The van der Waals surface area contributed by atoms with E-state index in [2.05, 4.69) is 13.8 Å². The first-order valence-corrected chi connectivity index (χ1v) is 10.5. The second-order valence-corrected chi connectivity index (χ2v) is 10.4. The Balaban J connectivity index is 1.67. The van der Waals surface area contributed by atoms with Gasteiger partial charge in [-0.2, -0.15) is 0 Å². The largest absolute Gasteiger partial charge is 0.229 e. The maximum atomic E-state index is 12.0. The van der Waals surface area contributed by atoms with E-state index in [1.165, 1.54) is 32.1 Å². The minimum absolute atomic E-state index is 0.209. The fourth-order valence-corrected chi connectivity index (χ4v) is 9.31. The topological polar surface area (TPSA) is 34.1 Å². The molecule has 1 spiro atoms. The van der Waals surface area contributed by atoms with E-state index in [1.807, 2.05) is 0 Å². The predicted octanol–water partition coefficient (Wildman–Crippen LogP) is 3.52. The molecule has 0 radical (unpaired) electrons. The van der Waals surface area contributed by atoms with Crippen LogP contribution in [0, 0.1) is 40.9 Å². The van der Waals surface area contributed by atoms with E-state index in [1.54, 1.807) is 0 Å². The van der Waals surface area contributed by atoms with Crippen molar-refractivity contribution in [1.82, 2.24) is 0 Å². The molecule has 4 aliphatic rings. The van der Waals surface area contributed by atoms with Gasteiger partial charge in [0.2, 0.25) is 0 Å². The van der Waals surface area contributed by atoms with Crippen LogP contribution >= 0.6 is 0 Å². The minimum Gasteiger partial charge on any atom is -0.229 e. The van der Waals surface area contributed by atoms with E-state index in [-0.39, 0.29) is 5.41 Å². The molecule has 1 heterocycles. The zero-order valence-corrected chi connectivity index (χ0v) is 13.7. The van der Waals surface area contributed by atoms with Crippen LogP contribution in [0.4, 0.5) is 0 Å². The van der Waals surface area contributed by atoms with Crippen LogP contribution < -0.4 is 0 Å². The zero-order chi connectivity index (χ0) is 14.1. The Morgan fingerprint density at radius 2 is 1.75 bits per heavy atom. The van der Waals surface area contributed by atoms with E-state index in [0.717, 1.165) is 41.9 Å². The average molecular weight is 296 g/mol. The van der Waals surface area contributed by atoms with Gasteiger partial charge in [0.05, 0.1) is 11.5 Å². The zero-order valence-electron chi connectivity index (χ0n) is 12.8. The Morgan fingerprint density at radius 3 is 2.35 bits per heavy atom. The first kappa shape index (κ1) is 13.6. The summed E-state index contributed by atoms with van der Waals surface area (Å²) in [6, 6.07) is 0. The van der Waals surface area contributed by atoms with Gasteiger partial charge in [-0.25, -0.2) is 8.42 Å². The van der Waals surface area contributed by atoms with Crippen LogP contribution in [0.3, 0.4) is 0 Å². The Kier molecular flexibility index (Phi) is 2.88. The van der Waals surface area contributed by atoms with E-state index in [9.17, 15) is 8.42 Å². The molecule has 4 fully saturated rings. The lowest BCUT2D eigenvalue weighted by Crippen LogP contribution is -2.39. The third kappa shape index (κ3) is 1.65. The summed E-state index contributed by atoms with van der Waals surface area (Å²) in [6.07, 6.45) is 7.66. The SMILES string of the molecule is CCC1CC(CC)C2C1C1CC2C2(CCS(=O)(=O)C2)C1. The maximum Gasteiger partial charge on any atom is 0.150 e. The normalized spacial score (nSPS) is 55.7. The van der Waals surface area contributed by atoms with Gasteiger partial charge >= 0.3 is 0 Å². The van der Waals surface area contributed by atoms with E-state index in [0.29, 0.717) is 11.5 Å². The van der Waals surface area contributed by atoms with Crippen molar-refractivity contribution in [2.24, 2.45) is 40.9 Å².